The lowest BCUT2D eigenvalue weighted by Crippen LogP contribution is -2.36. The fourth-order valence-corrected chi connectivity index (χ4v) is 1.79. The van der Waals surface area contributed by atoms with E-state index >= 15 is 0 Å². The number of ether oxygens (including phenoxy) is 6. The van der Waals surface area contributed by atoms with E-state index in [0.29, 0.717) is 44.6 Å². The number of epoxide rings is 2. The number of hydrogen-bond acceptors (Lipinski definition) is 6. The molecule has 0 radical (unpaired) electrons. The quantitative estimate of drug-likeness (QED) is 0.488. The highest BCUT2D eigenvalue weighted by Crippen LogP contribution is 2.13. The second-order valence-electron chi connectivity index (χ2n) is 5.34. The van der Waals surface area contributed by atoms with Gasteiger partial charge >= 0.3 is 0 Å². The Bertz CT molecular complexity index is 244. The van der Waals surface area contributed by atoms with Crippen LogP contribution in [-0.4, -0.2) is 77.8 Å². The van der Waals surface area contributed by atoms with E-state index in [1.165, 1.54) is 0 Å². The molecule has 0 spiro atoms. The zero-order valence-electron chi connectivity index (χ0n) is 11.1. The SMILES string of the molecule is C1OCC1COC(COCC1CO1)COCC1CO1. The lowest BCUT2D eigenvalue weighted by atomic mass is 10.1. The Morgan fingerprint density at radius 1 is 0.842 bits per heavy atom. The third-order valence-electron chi connectivity index (χ3n) is 3.29. The fourth-order valence-electron chi connectivity index (χ4n) is 1.79. The van der Waals surface area contributed by atoms with E-state index < -0.39 is 0 Å². The molecule has 0 aromatic rings. The smallest absolute Gasteiger partial charge is 0.104 e. The molecule has 0 amide bonds. The van der Waals surface area contributed by atoms with Gasteiger partial charge in [0.05, 0.1) is 59.5 Å². The predicted octanol–water partition coefficient (Wildman–Crippen LogP) is -0.151. The average molecular weight is 274 g/mol. The van der Waals surface area contributed by atoms with Crippen LogP contribution in [0.3, 0.4) is 0 Å². The van der Waals surface area contributed by atoms with Crippen LogP contribution in [0, 0.1) is 5.92 Å². The molecule has 3 aliphatic rings. The van der Waals surface area contributed by atoms with Crippen molar-refractivity contribution in [2.45, 2.75) is 18.3 Å². The Morgan fingerprint density at radius 3 is 1.84 bits per heavy atom. The van der Waals surface area contributed by atoms with Gasteiger partial charge in [0.2, 0.25) is 0 Å². The second-order valence-corrected chi connectivity index (χ2v) is 5.34. The minimum absolute atomic E-state index is 0.0156. The molecule has 0 aromatic carbocycles. The number of hydrogen-bond donors (Lipinski definition) is 0. The first-order valence-electron chi connectivity index (χ1n) is 6.98. The summed E-state index contributed by atoms with van der Waals surface area (Å²) in [7, 11) is 0. The van der Waals surface area contributed by atoms with Gasteiger partial charge in [0.25, 0.3) is 0 Å². The van der Waals surface area contributed by atoms with E-state index in [2.05, 4.69) is 0 Å². The van der Waals surface area contributed by atoms with Crippen molar-refractivity contribution in [3.05, 3.63) is 0 Å². The van der Waals surface area contributed by atoms with Crippen LogP contribution >= 0.6 is 0 Å². The molecule has 110 valence electrons. The van der Waals surface area contributed by atoms with Crippen molar-refractivity contribution in [1.82, 2.24) is 0 Å². The van der Waals surface area contributed by atoms with Crippen LogP contribution in [0.2, 0.25) is 0 Å². The summed E-state index contributed by atoms with van der Waals surface area (Å²) in [5, 5.41) is 0. The van der Waals surface area contributed by atoms with E-state index in [1.807, 2.05) is 0 Å². The van der Waals surface area contributed by atoms with Gasteiger partial charge < -0.3 is 28.4 Å². The molecule has 6 heteroatoms. The van der Waals surface area contributed by atoms with Gasteiger partial charge in [0.15, 0.2) is 0 Å². The standard InChI is InChI=1S/C13H22O6/c1-10(2-14-1)3-17-11(4-15-6-12-8-18-12)5-16-7-13-9-19-13/h10-13H,1-9H2. The minimum Gasteiger partial charge on any atom is -0.381 e. The van der Waals surface area contributed by atoms with Crippen LogP contribution in [0.1, 0.15) is 0 Å². The highest BCUT2D eigenvalue weighted by molar-refractivity contribution is 4.70. The van der Waals surface area contributed by atoms with Gasteiger partial charge in [-0.3, -0.25) is 0 Å². The van der Waals surface area contributed by atoms with Gasteiger partial charge in [-0.15, -0.1) is 0 Å². The van der Waals surface area contributed by atoms with Crippen molar-refractivity contribution in [1.29, 1.82) is 0 Å². The zero-order valence-corrected chi connectivity index (χ0v) is 11.1. The Morgan fingerprint density at radius 2 is 1.42 bits per heavy atom. The highest BCUT2D eigenvalue weighted by Gasteiger charge is 2.26. The Labute approximate surface area is 113 Å². The normalized spacial score (nSPS) is 30.9. The lowest BCUT2D eigenvalue weighted by molar-refractivity contribution is -0.116. The molecule has 3 rings (SSSR count). The molecule has 2 unspecified atom stereocenters. The monoisotopic (exact) mass is 274 g/mol. The van der Waals surface area contributed by atoms with Crippen LogP contribution in [0.15, 0.2) is 0 Å². The van der Waals surface area contributed by atoms with E-state index in [4.69, 9.17) is 28.4 Å². The first kappa shape index (κ1) is 13.7. The average Bonchev–Trinajstić information content (AvgIpc) is 3.21. The van der Waals surface area contributed by atoms with Gasteiger partial charge in [-0.25, -0.2) is 0 Å². The first-order chi connectivity index (χ1) is 9.40. The summed E-state index contributed by atoms with van der Waals surface area (Å²) in [5.74, 6) is 0.529. The van der Waals surface area contributed by atoms with Crippen molar-refractivity contribution in [2.24, 2.45) is 5.92 Å². The van der Waals surface area contributed by atoms with E-state index in [9.17, 15) is 0 Å². The van der Waals surface area contributed by atoms with Gasteiger partial charge in [-0.1, -0.05) is 0 Å². The van der Waals surface area contributed by atoms with Gasteiger partial charge in [0, 0.05) is 5.92 Å². The van der Waals surface area contributed by atoms with Crippen molar-refractivity contribution in [3.8, 4) is 0 Å². The molecule has 0 N–H and O–H groups in total. The number of rotatable bonds is 11. The molecular weight excluding hydrogens is 252 g/mol. The van der Waals surface area contributed by atoms with Crippen molar-refractivity contribution >= 4 is 0 Å². The molecule has 0 saturated carbocycles. The van der Waals surface area contributed by atoms with Crippen molar-refractivity contribution in [2.75, 3.05) is 59.5 Å². The topological polar surface area (TPSA) is 62.0 Å². The molecule has 0 aliphatic carbocycles. The molecular formula is C13H22O6. The van der Waals surface area contributed by atoms with Gasteiger partial charge in [-0.2, -0.15) is 0 Å². The third-order valence-corrected chi connectivity index (χ3v) is 3.29. The summed E-state index contributed by atoms with van der Waals surface area (Å²) in [4.78, 5) is 0. The minimum atomic E-state index is -0.0156. The summed E-state index contributed by atoms with van der Waals surface area (Å²) in [6.45, 7) is 6.38. The van der Waals surface area contributed by atoms with Crippen molar-refractivity contribution in [3.63, 3.8) is 0 Å². The fraction of sp³-hybridized carbons (Fsp3) is 1.00. The summed E-state index contributed by atoms with van der Waals surface area (Å²) in [6.07, 6.45) is 0.570. The molecule has 3 saturated heterocycles. The molecule has 3 aliphatic heterocycles. The molecule has 3 heterocycles. The van der Waals surface area contributed by atoms with E-state index in [1.54, 1.807) is 0 Å². The van der Waals surface area contributed by atoms with Crippen LogP contribution in [0.25, 0.3) is 0 Å². The van der Waals surface area contributed by atoms with E-state index in [-0.39, 0.29) is 6.10 Å². The molecule has 19 heavy (non-hydrogen) atoms. The third kappa shape index (κ3) is 5.33. The summed E-state index contributed by atoms with van der Waals surface area (Å²) in [5.41, 5.74) is 0. The highest BCUT2D eigenvalue weighted by atomic mass is 16.6. The van der Waals surface area contributed by atoms with Crippen LogP contribution < -0.4 is 0 Å². The van der Waals surface area contributed by atoms with Crippen LogP contribution in [0.5, 0.6) is 0 Å². The Balaban J connectivity index is 1.28. The van der Waals surface area contributed by atoms with Crippen molar-refractivity contribution < 1.29 is 28.4 Å². The molecule has 0 aromatic heterocycles. The summed E-state index contributed by atoms with van der Waals surface area (Å²) < 4.78 is 32.4. The molecule has 0 bridgehead atoms. The lowest BCUT2D eigenvalue weighted by Gasteiger charge is -2.28. The first-order valence-corrected chi connectivity index (χ1v) is 6.98. The van der Waals surface area contributed by atoms with Gasteiger partial charge in [-0.05, 0) is 0 Å². The molecule has 2 atom stereocenters. The largest absolute Gasteiger partial charge is 0.381 e. The zero-order chi connectivity index (χ0) is 12.9. The maximum Gasteiger partial charge on any atom is 0.104 e. The maximum absolute atomic E-state index is 5.84. The van der Waals surface area contributed by atoms with E-state index in [0.717, 1.165) is 33.0 Å². The van der Waals surface area contributed by atoms with Gasteiger partial charge in [0.1, 0.15) is 18.3 Å². The predicted molar refractivity (Wildman–Crippen MR) is 65.2 cm³/mol. The molecule has 3 fully saturated rings. The maximum atomic E-state index is 5.84. The summed E-state index contributed by atoms with van der Waals surface area (Å²) in [6, 6.07) is 0. The van der Waals surface area contributed by atoms with Crippen LogP contribution in [-0.2, 0) is 28.4 Å². The second kappa shape index (κ2) is 6.97. The Kier molecular flexibility index (Phi) is 5.03. The molecule has 6 nitrogen and oxygen atoms in total. The van der Waals surface area contributed by atoms with Crippen LogP contribution in [0.4, 0.5) is 0 Å². The Hall–Kier alpha value is -0.240. The summed E-state index contributed by atoms with van der Waals surface area (Å²) >= 11 is 0.